The molecule has 9 nitrogen and oxygen atoms in total. The van der Waals surface area contributed by atoms with Crippen LogP contribution in [0.1, 0.15) is 13.3 Å². The SMILES string of the molecule is CC#CCOc1ccc(N2CC(CC(C(=O)NO)S(C)(=O)=O)OC2=O)cc1. The van der Waals surface area contributed by atoms with Gasteiger partial charge in [-0.1, -0.05) is 5.92 Å². The van der Waals surface area contributed by atoms with E-state index >= 15 is 0 Å². The molecular formula is C17H20N2O7S. The van der Waals surface area contributed by atoms with Gasteiger partial charge in [-0.25, -0.2) is 18.7 Å². The maximum atomic E-state index is 12.1. The molecule has 1 aliphatic rings. The zero-order valence-electron chi connectivity index (χ0n) is 14.8. The molecule has 1 heterocycles. The zero-order valence-corrected chi connectivity index (χ0v) is 15.7. The summed E-state index contributed by atoms with van der Waals surface area (Å²) in [7, 11) is -3.79. The molecule has 0 radical (unpaired) electrons. The standard InChI is InChI=1S/C17H20N2O7S/c1-3-4-9-25-13-7-5-12(6-8-13)19-11-14(26-17(19)21)10-15(16(20)18-22)27(2,23)24/h5-8,14-15,22H,9-11H2,1-2H3,(H,18,20). The number of benzene rings is 1. The van der Waals surface area contributed by atoms with Crippen LogP contribution in [0.4, 0.5) is 10.5 Å². The molecule has 2 unspecified atom stereocenters. The van der Waals surface area contributed by atoms with Gasteiger partial charge in [-0.3, -0.25) is 14.9 Å². The zero-order chi connectivity index (χ0) is 20.0. The van der Waals surface area contributed by atoms with Crippen molar-refractivity contribution in [2.45, 2.75) is 24.7 Å². The van der Waals surface area contributed by atoms with E-state index in [4.69, 9.17) is 14.7 Å². The Bertz CT molecular complexity index is 856. The predicted molar refractivity (Wildman–Crippen MR) is 96.2 cm³/mol. The van der Waals surface area contributed by atoms with Crippen molar-refractivity contribution >= 4 is 27.5 Å². The molecule has 0 bridgehead atoms. The molecule has 2 amide bonds. The molecule has 2 atom stereocenters. The third-order valence-corrected chi connectivity index (χ3v) is 5.35. The quantitative estimate of drug-likeness (QED) is 0.396. The molecule has 2 rings (SSSR count). The number of hydrogen-bond acceptors (Lipinski definition) is 7. The fraction of sp³-hybridized carbons (Fsp3) is 0.412. The molecule has 0 aromatic heterocycles. The lowest BCUT2D eigenvalue weighted by Crippen LogP contribution is -2.40. The summed E-state index contributed by atoms with van der Waals surface area (Å²) in [5.41, 5.74) is 1.87. The number of cyclic esters (lactones) is 1. The van der Waals surface area contributed by atoms with Crippen molar-refractivity contribution in [1.29, 1.82) is 0 Å². The van der Waals surface area contributed by atoms with Crippen LogP contribution in [-0.2, 0) is 19.4 Å². The number of hydrogen-bond donors (Lipinski definition) is 2. The first-order valence-electron chi connectivity index (χ1n) is 7.99. The van der Waals surface area contributed by atoms with E-state index in [9.17, 15) is 18.0 Å². The van der Waals surface area contributed by atoms with E-state index in [2.05, 4.69) is 11.8 Å². The van der Waals surface area contributed by atoms with E-state index in [1.165, 1.54) is 10.4 Å². The highest BCUT2D eigenvalue weighted by molar-refractivity contribution is 7.92. The number of carbonyl (C=O) groups is 2. The van der Waals surface area contributed by atoms with Crippen molar-refractivity contribution < 1.29 is 32.7 Å². The van der Waals surface area contributed by atoms with Gasteiger partial charge in [0, 0.05) is 18.4 Å². The van der Waals surface area contributed by atoms with Gasteiger partial charge in [0.2, 0.25) is 0 Å². The molecule has 0 saturated carbocycles. The number of anilines is 1. The maximum absolute atomic E-state index is 12.1. The van der Waals surface area contributed by atoms with Crippen LogP contribution in [0, 0.1) is 11.8 Å². The summed E-state index contributed by atoms with van der Waals surface area (Å²) in [6.45, 7) is 2.04. The van der Waals surface area contributed by atoms with Gasteiger partial charge < -0.3 is 9.47 Å². The lowest BCUT2D eigenvalue weighted by atomic mass is 10.1. The van der Waals surface area contributed by atoms with Crippen LogP contribution in [0.5, 0.6) is 5.75 Å². The molecule has 1 aromatic carbocycles. The number of rotatable bonds is 7. The number of carbonyl (C=O) groups excluding carboxylic acids is 2. The summed E-state index contributed by atoms with van der Waals surface area (Å²) in [5, 5.41) is 7.21. The highest BCUT2D eigenvalue weighted by Gasteiger charge is 2.39. The number of nitrogens with one attached hydrogen (secondary N) is 1. The van der Waals surface area contributed by atoms with Gasteiger partial charge in [-0.05, 0) is 31.2 Å². The average Bonchev–Trinajstić information content (AvgIpc) is 2.99. The van der Waals surface area contributed by atoms with E-state index in [0.29, 0.717) is 11.4 Å². The molecule has 1 fully saturated rings. The maximum Gasteiger partial charge on any atom is 0.414 e. The van der Waals surface area contributed by atoms with E-state index in [0.717, 1.165) is 6.26 Å². The van der Waals surface area contributed by atoms with E-state index in [1.54, 1.807) is 31.2 Å². The third-order valence-electron chi connectivity index (χ3n) is 3.91. The largest absolute Gasteiger partial charge is 0.481 e. The highest BCUT2D eigenvalue weighted by Crippen LogP contribution is 2.26. The second-order valence-corrected chi connectivity index (χ2v) is 8.08. The summed E-state index contributed by atoms with van der Waals surface area (Å²) in [6, 6.07) is 6.66. The fourth-order valence-electron chi connectivity index (χ4n) is 2.56. The fourth-order valence-corrected chi connectivity index (χ4v) is 3.56. The van der Waals surface area contributed by atoms with Gasteiger partial charge in [0.25, 0.3) is 5.91 Å². The Hall–Kier alpha value is -2.77. The number of nitrogens with zero attached hydrogens (tertiary/aromatic N) is 1. The van der Waals surface area contributed by atoms with Crippen molar-refractivity contribution in [3.8, 4) is 17.6 Å². The minimum atomic E-state index is -3.79. The average molecular weight is 396 g/mol. The van der Waals surface area contributed by atoms with Gasteiger partial charge in [0.1, 0.15) is 23.7 Å². The molecule has 146 valence electrons. The summed E-state index contributed by atoms with van der Waals surface area (Å²) in [5.74, 6) is 5.00. The molecule has 10 heteroatoms. The lowest BCUT2D eigenvalue weighted by molar-refractivity contribution is -0.129. The normalized spacial score (nSPS) is 17.5. The molecular weight excluding hydrogens is 376 g/mol. The van der Waals surface area contributed by atoms with Crippen LogP contribution in [-0.4, -0.2) is 56.4 Å². The van der Waals surface area contributed by atoms with Crippen LogP contribution < -0.4 is 15.1 Å². The molecule has 27 heavy (non-hydrogen) atoms. The Labute approximate surface area is 157 Å². The summed E-state index contributed by atoms with van der Waals surface area (Å²) >= 11 is 0. The molecule has 1 saturated heterocycles. The van der Waals surface area contributed by atoms with Crippen molar-refractivity contribution in [2.75, 3.05) is 24.3 Å². The lowest BCUT2D eigenvalue weighted by Gasteiger charge is -2.16. The van der Waals surface area contributed by atoms with Crippen LogP contribution >= 0.6 is 0 Å². The number of amides is 2. The Balaban J connectivity index is 2.06. The monoisotopic (exact) mass is 396 g/mol. The Morgan fingerprint density at radius 1 is 1.44 bits per heavy atom. The second-order valence-electron chi connectivity index (χ2n) is 5.86. The Kier molecular flexibility index (Phi) is 6.65. The van der Waals surface area contributed by atoms with E-state index < -0.39 is 33.2 Å². The molecule has 0 spiro atoms. The van der Waals surface area contributed by atoms with Crippen molar-refractivity contribution in [3.63, 3.8) is 0 Å². The number of ether oxygens (including phenoxy) is 2. The van der Waals surface area contributed by atoms with Crippen LogP contribution in [0.3, 0.4) is 0 Å². The summed E-state index contributed by atoms with van der Waals surface area (Å²) < 4.78 is 34.1. The van der Waals surface area contributed by atoms with Crippen LogP contribution in [0.25, 0.3) is 0 Å². The first kappa shape index (κ1) is 20.5. The first-order valence-corrected chi connectivity index (χ1v) is 9.95. The molecule has 1 aromatic rings. The van der Waals surface area contributed by atoms with Crippen molar-refractivity contribution in [1.82, 2.24) is 5.48 Å². The van der Waals surface area contributed by atoms with Gasteiger partial charge in [0.15, 0.2) is 9.84 Å². The van der Waals surface area contributed by atoms with E-state index in [1.807, 2.05) is 0 Å². The summed E-state index contributed by atoms with van der Waals surface area (Å²) in [4.78, 5) is 25.0. The predicted octanol–water partition coefficient (Wildman–Crippen LogP) is 0.723. The smallest absolute Gasteiger partial charge is 0.414 e. The topological polar surface area (TPSA) is 122 Å². The number of hydroxylamine groups is 1. The second kappa shape index (κ2) is 8.75. The summed E-state index contributed by atoms with van der Waals surface area (Å²) in [6.07, 6.45) is -0.847. The van der Waals surface area contributed by atoms with Gasteiger partial charge >= 0.3 is 6.09 Å². The first-order chi connectivity index (χ1) is 12.8. The van der Waals surface area contributed by atoms with Crippen molar-refractivity contribution in [2.24, 2.45) is 0 Å². The van der Waals surface area contributed by atoms with E-state index in [-0.39, 0.29) is 19.6 Å². The third kappa shape index (κ3) is 5.35. The molecule has 2 N–H and O–H groups in total. The van der Waals surface area contributed by atoms with Crippen LogP contribution in [0.2, 0.25) is 0 Å². The molecule has 1 aliphatic heterocycles. The van der Waals surface area contributed by atoms with Gasteiger partial charge in [-0.2, -0.15) is 0 Å². The Morgan fingerprint density at radius 3 is 2.67 bits per heavy atom. The van der Waals surface area contributed by atoms with Gasteiger partial charge in [0.05, 0.1) is 6.54 Å². The molecule has 0 aliphatic carbocycles. The minimum absolute atomic E-state index is 0.0745. The van der Waals surface area contributed by atoms with Crippen molar-refractivity contribution in [3.05, 3.63) is 24.3 Å². The minimum Gasteiger partial charge on any atom is -0.481 e. The highest BCUT2D eigenvalue weighted by atomic mass is 32.2. The Morgan fingerprint density at radius 2 is 2.11 bits per heavy atom. The number of sulfone groups is 1. The van der Waals surface area contributed by atoms with Crippen LogP contribution in [0.15, 0.2) is 24.3 Å². The van der Waals surface area contributed by atoms with Gasteiger partial charge in [-0.15, -0.1) is 5.92 Å².